The van der Waals surface area contributed by atoms with Gasteiger partial charge in [-0.3, -0.25) is 15.0 Å². The van der Waals surface area contributed by atoms with Crippen LogP contribution in [0.2, 0.25) is 0 Å². The molecule has 0 bridgehead atoms. The molecule has 2 aromatic rings. The van der Waals surface area contributed by atoms with E-state index >= 15 is 0 Å². The van der Waals surface area contributed by atoms with Crippen molar-refractivity contribution in [2.75, 3.05) is 19.4 Å². The summed E-state index contributed by atoms with van der Waals surface area (Å²) in [7, 11) is 3.69. The van der Waals surface area contributed by atoms with Crippen molar-refractivity contribution in [2.24, 2.45) is 0 Å². The van der Waals surface area contributed by atoms with Crippen LogP contribution in [0.5, 0.6) is 0 Å². The number of nitro groups is 1. The molecule has 5 nitrogen and oxygen atoms in total. The lowest BCUT2D eigenvalue weighted by Gasteiger charge is -2.17. The third-order valence-electron chi connectivity index (χ3n) is 3.28. The SMILES string of the molecule is CNc1ccc(CN(C)Cc2ccccc2)cc1[N+](=O)[O-]. The lowest BCUT2D eigenvalue weighted by Crippen LogP contribution is -2.17. The van der Waals surface area contributed by atoms with E-state index in [2.05, 4.69) is 22.3 Å². The summed E-state index contributed by atoms with van der Waals surface area (Å²) in [6, 6.07) is 15.5. The highest BCUT2D eigenvalue weighted by Crippen LogP contribution is 2.25. The molecule has 5 heteroatoms. The number of hydrogen-bond donors (Lipinski definition) is 1. The fourth-order valence-corrected chi connectivity index (χ4v) is 2.30. The standard InChI is InChI=1S/C16H19N3O2/c1-17-15-9-8-14(10-16(15)19(20)21)12-18(2)11-13-6-4-3-5-7-13/h3-10,17H,11-12H2,1-2H3. The van der Waals surface area contributed by atoms with Crippen molar-refractivity contribution in [3.05, 3.63) is 69.8 Å². The van der Waals surface area contributed by atoms with Gasteiger partial charge < -0.3 is 5.32 Å². The summed E-state index contributed by atoms with van der Waals surface area (Å²) >= 11 is 0. The molecule has 21 heavy (non-hydrogen) atoms. The van der Waals surface area contributed by atoms with Crippen molar-refractivity contribution in [1.29, 1.82) is 0 Å². The van der Waals surface area contributed by atoms with Gasteiger partial charge in [0.2, 0.25) is 0 Å². The van der Waals surface area contributed by atoms with Crippen molar-refractivity contribution >= 4 is 11.4 Å². The van der Waals surface area contributed by atoms with Crippen molar-refractivity contribution in [3.8, 4) is 0 Å². The minimum atomic E-state index is -0.355. The van der Waals surface area contributed by atoms with E-state index in [0.717, 1.165) is 12.1 Å². The Labute approximate surface area is 124 Å². The molecule has 0 aliphatic carbocycles. The van der Waals surface area contributed by atoms with Crippen molar-refractivity contribution in [2.45, 2.75) is 13.1 Å². The second-order valence-corrected chi connectivity index (χ2v) is 5.02. The Morgan fingerprint density at radius 3 is 2.38 bits per heavy atom. The summed E-state index contributed by atoms with van der Waals surface area (Å²) in [5, 5.41) is 13.9. The van der Waals surface area contributed by atoms with Crippen molar-refractivity contribution < 1.29 is 4.92 Å². The van der Waals surface area contributed by atoms with Gasteiger partial charge in [-0.15, -0.1) is 0 Å². The Kier molecular flexibility index (Phi) is 4.90. The first-order valence-corrected chi connectivity index (χ1v) is 6.77. The van der Waals surface area contributed by atoms with Crippen LogP contribution in [0.4, 0.5) is 11.4 Å². The van der Waals surface area contributed by atoms with Gasteiger partial charge >= 0.3 is 0 Å². The minimum absolute atomic E-state index is 0.114. The van der Waals surface area contributed by atoms with Crippen LogP contribution in [0.3, 0.4) is 0 Å². The lowest BCUT2D eigenvalue weighted by atomic mass is 10.1. The smallest absolute Gasteiger partial charge is 0.292 e. The number of nitrogens with zero attached hydrogens (tertiary/aromatic N) is 2. The first-order chi connectivity index (χ1) is 10.1. The molecule has 0 aromatic heterocycles. The van der Waals surface area contributed by atoms with E-state index in [1.165, 1.54) is 5.56 Å². The van der Waals surface area contributed by atoms with Crippen LogP contribution >= 0.6 is 0 Å². The molecule has 0 atom stereocenters. The minimum Gasteiger partial charge on any atom is -0.383 e. The molecule has 110 valence electrons. The van der Waals surface area contributed by atoms with E-state index in [-0.39, 0.29) is 10.6 Å². The molecule has 0 spiro atoms. The Morgan fingerprint density at radius 2 is 1.76 bits per heavy atom. The third kappa shape index (κ3) is 4.03. The normalized spacial score (nSPS) is 10.6. The van der Waals surface area contributed by atoms with Gasteiger partial charge in [0, 0.05) is 26.2 Å². The highest BCUT2D eigenvalue weighted by Gasteiger charge is 2.14. The van der Waals surface area contributed by atoms with E-state index < -0.39 is 0 Å². The number of hydrogen-bond acceptors (Lipinski definition) is 4. The first kappa shape index (κ1) is 15.0. The topological polar surface area (TPSA) is 58.4 Å². The Balaban J connectivity index is 2.09. The van der Waals surface area contributed by atoms with Gasteiger partial charge in [0.05, 0.1) is 4.92 Å². The summed E-state index contributed by atoms with van der Waals surface area (Å²) in [6.07, 6.45) is 0. The molecule has 1 N–H and O–H groups in total. The quantitative estimate of drug-likeness (QED) is 0.653. The van der Waals surface area contributed by atoms with Gasteiger partial charge in [-0.2, -0.15) is 0 Å². The number of nitrogens with one attached hydrogen (secondary N) is 1. The van der Waals surface area contributed by atoms with Gasteiger partial charge in [-0.25, -0.2) is 0 Å². The molecule has 0 saturated heterocycles. The monoisotopic (exact) mass is 285 g/mol. The fraction of sp³-hybridized carbons (Fsp3) is 0.250. The van der Waals surface area contributed by atoms with E-state index in [0.29, 0.717) is 12.2 Å². The van der Waals surface area contributed by atoms with E-state index in [1.807, 2.05) is 31.3 Å². The maximum atomic E-state index is 11.1. The van der Waals surface area contributed by atoms with E-state index in [9.17, 15) is 10.1 Å². The molecule has 0 radical (unpaired) electrons. The molecule has 0 aliphatic heterocycles. The fourth-order valence-electron chi connectivity index (χ4n) is 2.30. The van der Waals surface area contributed by atoms with Gasteiger partial charge in [0.15, 0.2) is 0 Å². The lowest BCUT2D eigenvalue weighted by molar-refractivity contribution is -0.384. The summed E-state index contributed by atoms with van der Waals surface area (Å²) in [6.45, 7) is 1.47. The number of anilines is 1. The highest BCUT2D eigenvalue weighted by molar-refractivity contribution is 5.62. The molecular weight excluding hydrogens is 266 g/mol. The van der Waals surface area contributed by atoms with Crippen LogP contribution in [0.15, 0.2) is 48.5 Å². The van der Waals surface area contributed by atoms with E-state index in [1.54, 1.807) is 19.2 Å². The van der Waals surface area contributed by atoms with E-state index in [4.69, 9.17) is 0 Å². The molecule has 2 aromatic carbocycles. The molecule has 0 heterocycles. The second-order valence-electron chi connectivity index (χ2n) is 5.02. The zero-order chi connectivity index (χ0) is 15.2. The maximum absolute atomic E-state index is 11.1. The van der Waals surface area contributed by atoms with Gasteiger partial charge in [0.25, 0.3) is 5.69 Å². The van der Waals surface area contributed by atoms with Gasteiger partial charge in [-0.1, -0.05) is 36.4 Å². The largest absolute Gasteiger partial charge is 0.383 e. The molecule has 0 unspecified atom stereocenters. The van der Waals surface area contributed by atoms with Crippen LogP contribution in [-0.4, -0.2) is 23.9 Å². The highest BCUT2D eigenvalue weighted by atomic mass is 16.6. The molecule has 0 saturated carbocycles. The predicted octanol–water partition coefficient (Wildman–Crippen LogP) is 3.27. The summed E-state index contributed by atoms with van der Waals surface area (Å²) in [5.41, 5.74) is 2.80. The van der Waals surface area contributed by atoms with Gasteiger partial charge in [-0.05, 0) is 24.2 Å². The maximum Gasteiger partial charge on any atom is 0.292 e. The summed E-state index contributed by atoms with van der Waals surface area (Å²) in [4.78, 5) is 12.8. The number of nitro benzene ring substituents is 1. The molecular formula is C16H19N3O2. The average molecular weight is 285 g/mol. The van der Waals surface area contributed by atoms with Crippen molar-refractivity contribution in [1.82, 2.24) is 4.90 Å². The predicted molar refractivity (Wildman–Crippen MR) is 84.3 cm³/mol. The zero-order valence-electron chi connectivity index (χ0n) is 12.2. The van der Waals surface area contributed by atoms with Crippen LogP contribution in [0, 0.1) is 10.1 Å². The molecule has 0 aliphatic rings. The number of benzene rings is 2. The average Bonchev–Trinajstić information content (AvgIpc) is 2.48. The van der Waals surface area contributed by atoms with Crippen LogP contribution in [0.1, 0.15) is 11.1 Å². The van der Waals surface area contributed by atoms with Gasteiger partial charge in [0.1, 0.15) is 5.69 Å². The van der Waals surface area contributed by atoms with Crippen LogP contribution in [-0.2, 0) is 13.1 Å². The van der Waals surface area contributed by atoms with Crippen LogP contribution in [0.25, 0.3) is 0 Å². The summed E-state index contributed by atoms with van der Waals surface area (Å²) < 4.78 is 0. The molecule has 0 amide bonds. The Hall–Kier alpha value is -2.40. The molecule has 0 fully saturated rings. The second kappa shape index (κ2) is 6.85. The van der Waals surface area contributed by atoms with Crippen molar-refractivity contribution in [3.63, 3.8) is 0 Å². The number of rotatable bonds is 6. The summed E-state index contributed by atoms with van der Waals surface area (Å²) in [5.74, 6) is 0. The third-order valence-corrected chi connectivity index (χ3v) is 3.28. The Bertz CT molecular complexity index is 614. The molecule has 2 rings (SSSR count). The Morgan fingerprint density at radius 1 is 1.10 bits per heavy atom. The zero-order valence-corrected chi connectivity index (χ0v) is 12.2. The first-order valence-electron chi connectivity index (χ1n) is 6.77. The van der Waals surface area contributed by atoms with Crippen LogP contribution < -0.4 is 5.32 Å².